The fraction of sp³-hybridized carbons (Fsp3) is 0.500. The molecule has 1 aromatic rings. The van der Waals surface area contributed by atoms with E-state index in [1.165, 1.54) is 6.07 Å². The number of benzene rings is 1. The van der Waals surface area contributed by atoms with Crippen LogP contribution < -0.4 is 5.32 Å². The topological polar surface area (TPSA) is 32.3 Å². The summed E-state index contributed by atoms with van der Waals surface area (Å²) in [6, 6.07) is 5.19. The fourth-order valence-corrected chi connectivity index (χ4v) is 3.04. The fourth-order valence-electron chi connectivity index (χ4n) is 2.20. The highest BCUT2D eigenvalue weighted by Gasteiger charge is 2.30. The zero-order chi connectivity index (χ0) is 15.5. The van der Waals surface area contributed by atoms with Crippen molar-refractivity contribution in [1.82, 2.24) is 10.2 Å². The third kappa shape index (κ3) is 5.07. The molecule has 3 nitrogen and oxygen atoms in total. The van der Waals surface area contributed by atoms with Crippen LogP contribution in [0, 0.1) is 0 Å². The van der Waals surface area contributed by atoms with Gasteiger partial charge < -0.3 is 10.2 Å². The number of hydrogen-bond acceptors (Lipinski definition) is 3. The van der Waals surface area contributed by atoms with E-state index in [1.807, 2.05) is 6.92 Å². The minimum Gasteiger partial charge on any atom is -0.337 e. The van der Waals surface area contributed by atoms with Gasteiger partial charge in [0.2, 0.25) is 5.91 Å². The van der Waals surface area contributed by atoms with E-state index in [0.717, 1.165) is 37.0 Å². The predicted octanol–water partition coefficient (Wildman–Crippen LogP) is 3.04. The molecule has 0 radical (unpaired) electrons. The molecule has 2 rings (SSSR count). The third-order valence-corrected chi connectivity index (χ3v) is 4.32. The lowest BCUT2D eigenvalue weighted by Crippen LogP contribution is -2.52. The van der Waals surface area contributed by atoms with Gasteiger partial charge in [-0.05, 0) is 25.1 Å². The second-order valence-corrected chi connectivity index (χ2v) is 6.00. The Kier molecular flexibility index (Phi) is 7.02. The van der Waals surface area contributed by atoms with E-state index in [9.17, 15) is 18.0 Å². The largest absolute Gasteiger partial charge is 0.416 e. The van der Waals surface area contributed by atoms with Gasteiger partial charge in [0.15, 0.2) is 0 Å². The van der Waals surface area contributed by atoms with E-state index < -0.39 is 11.7 Å². The summed E-state index contributed by atoms with van der Waals surface area (Å²) >= 11 is 1.14. The maximum atomic E-state index is 12.6. The molecule has 22 heavy (non-hydrogen) atoms. The molecule has 1 saturated heterocycles. The van der Waals surface area contributed by atoms with Crippen molar-refractivity contribution in [2.45, 2.75) is 24.0 Å². The lowest BCUT2D eigenvalue weighted by Gasteiger charge is -2.34. The van der Waals surface area contributed by atoms with Crippen LogP contribution in [0.5, 0.6) is 0 Å². The van der Waals surface area contributed by atoms with E-state index in [1.54, 1.807) is 11.0 Å². The van der Waals surface area contributed by atoms with Gasteiger partial charge in [-0.25, -0.2) is 0 Å². The van der Waals surface area contributed by atoms with E-state index in [4.69, 9.17) is 0 Å². The van der Waals surface area contributed by atoms with E-state index in [2.05, 4.69) is 5.32 Å². The molecule has 1 amide bonds. The van der Waals surface area contributed by atoms with Gasteiger partial charge in [-0.3, -0.25) is 4.79 Å². The molecule has 1 N–H and O–H groups in total. The zero-order valence-electron chi connectivity index (χ0n) is 12.0. The van der Waals surface area contributed by atoms with Crippen molar-refractivity contribution in [3.63, 3.8) is 0 Å². The first-order chi connectivity index (χ1) is 9.88. The van der Waals surface area contributed by atoms with Crippen LogP contribution in [0.1, 0.15) is 12.5 Å². The molecule has 1 aliphatic heterocycles. The maximum Gasteiger partial charge on any atom is 0.416 e. The molecule has 1 aliphatic rings. The highest BCUT2D eigenvalue weighted by Crippen LogP contribution is 2.31. The van der Waals surface area contributed by atoms with Gasteiger partial charge in [0.1, 0.15) is 0 Å². The van der Waals surface area contributed by atoms with Crippen molar-refractivity contribution in [3.05, 3.63) is 29.8 Å². The number of carbonyl (C=O) groups is 1. The lowest BCUT2D eigenvalue weighted by molar-refractivity contribution is -0.137. The van der Waals surface area contributed by atoms with Crippen LogP contribution in [0.2, 0.25) is 0 Å². The number of hydrogen-bond donors (Lipinski definition) is 1. The normalized spacial score (nSPS) is 18.7. The Bertz CT molecular complexity index is 513. The number of piperazine rings is 1. The van der Waals surface area contributed by atoms with Gasteiger partial charge >= 0.3 is 6.18 Å². The summed E-state index contributed by atoms with van der Waals surface area (Å²) < 4.78 is 37.9. The Labute approximate surface area is 138 Å². The molecular formula is C14H18ClF3N2OS. The zero-order valence-corrected chi connectivity index (χ0v) is 13.7. The van der Waals surface area contributed by atoms with Crippen molar-refractivity contribution >= 4 is 30.1 Å². The van der Waals surface area contributed by atoms with Crippen molar-refractivity contribution in [2.75, 3.05) is 25.4 Å². The second kappa shape index (κ2) is 8.08. The molecule has 0 saturated carbocycles. The van der Waals surface area contributed by atoms with Crippen molar-refractivity contribution in [1.29, 1.82) is 0 Å². The van der Waals surface area contributed by atoms with Crippen molar-refractivity contribution < 1.29 is 18.0 Å². The first kappa shape index (κ1) is 19.1. The molecule has 0 spiro atoms. The summed E-state index contributed by atoms with van der Waals surface area (Å²) in [4.78, 5) is 14.4. The van der Waals surface area contributed by atoms with Crippen LogP contribution in [0.15, 0.2) is 29.2 Å². The van der Waals surface area contributed by atoms with Gasteiger partial charge in [0.05, 0.1) is 11.3 Å². The molecule has 124 valence electrons. The van der Waals surface area contributed by atoms with Crippen LogP contribution in [-0.2, 0) is 11.0 Å². The van der Waals surface area contributed by atoms with Crippen LogP contribution in [0.25, 0.3) is 0 Å². The molecule has 1 heterocycles. The highest BCUT2D eigenvalue weighted by molar-refractivity contribution is 8.00. The van der Waals surface area contributed by atoms with Crippen LogP contribution in [-0.4, -0.2) is 42.2 Å². The quantitative estimate of drug-likeness (QED) is 0.847. The van der Waals surface area contributed by atoms with Crippen LogP contribution in [0.4, 0.5) is 13.2 Å². The Hall–Kier alpha value is -0.920. The SMILES string of the molecule is C[C@@H]1CNCCN1C(=O)CSc1cccc(C(F)(F)F)c1.Cl. The number of nitrogens with one attached hydrogen (secondary N) is 1. The highest BCUT2D eigenvalue weighted by atomic mass is 35.5. The Morgan fingerprint density at radius 3 is 2.82 bits per heavy atom. The summed E-state index contributed by atoms with van der Waals surface area (Å²) in [7, 11) is 0. The van der Waals surface area contributed by atoms with Crippen LogP contribution >= 0.6 is 24.2 Å². The van der Waals surface area contributed by atoms with Gasteiger partial charge in [0, 0.05) is 30.6 Å². The number of nitrogens with zero attached hydrogens (tertiary/aromatic N) is 1. The minimum absolute atomic E-state index is 0. The average molecular weight is 355 g/mol. The molecule has 0 bridgehead atoms. The number of carbonyl (C=O) groups excluding carboxylic acids is 1. The molecular weight excluding hydrogens is 337 g/mol. The second-order valence-electron chi connectivity index (χ2n) is 4.95. The molecule has 1 atom stereocenters. The number of alkyl halides is 3. The lowest BCUT2D eigenvalue weighted by atomic mass is 10.2. The third-order valence-electron chi connectivity index (χ3n) is 3.35. The van der Waals surface area contributed by atoms with Gasteiger partial charge in [-0.2, -0.15) is 13.2 Å². The number of thioether (sulfide) groups is 1. The molecule has 0 aromatic heterocycles. The van der Waals surface area contributed by atoms with E-state index in [-0.39, 0.29) is 30.1 Å². The summed E-state index contributed by atoms with van der Waals surface area (Å²) in [5.41, 5.74) is -0.685. The summed E-state index contributed by atoms with van der Waals surface area (Å²) in [6.45, 7) is 4.10. The Morgan fingerprint density at radius 1 is 1.45 bits per heavy atom. The summed E-state index contributed by atoms with van der Waals surface area (Å²) in [5, 5.41) is 3.19. The summed E-state index contributed by atoms with van der Waals surface area (Å²) in [5.74, 6) is 0.123. The molecule has 8 heteroatoms. The smallest absolute Gasteiger partial charge is 0.337 e. The number of rotatable bonds is 3. The van der Waals surface area contributed by atoms with Crippen molar-refractivity contribution in [3.8, 4) is 0 Å². The first-order valence-corrected chi connectivity index (χ1v) is 7.67. The molecule has 0 aliphatic carbocycles. The van der Waals surface area contributed by atoms with Crippen molar-refractivity contribution in [2.24, 2.45) is 0 Å². The van der Waals surface area contributed by atoms with E-state index in [0.29, 0.717) is 11.4 Å². The average Bonchev–Trinajstić information content (AvgIpc) is 2.45. The Morgan fingerprint density at radius 2 is 2.18 bits per heavy atom. The Balaban J connectivity index is 0.00000242. The monoisotopic (exact) mass is 354 g/mol. The standard InChI is InChI=1S/C14H17F3N2OS.ClH/c1-10-8-18-5-6-19(10)13(20)9-21-12-4-2-3-11(7-12)14(15,16)17;/h2-4,7,10,18H,5-6,8-9H2,1H3;1H/t10-;/m1./s1. The first-order valence-electron chi connectivity index (χ1n) is 6.68. The minimum atomic E-state index is -4.35. The molecule has 1 aromatic carbocycles. The van der Waals surface area contributed by atoms with Gasteiger partial charge in [-0.15, -0.1) is 24.2 Å². The maximum absolute atomic E-state index is 12.6. The predicted molar refractivity (Wildman–Crippen MR) is 83.5 cm³/mol. The van der Waals surface area contributed by atoms with Crippen LogP contribution in [0.3, 0.4) is 0 Å². The van der Waals surface area contributed by atoms with E-state index >= 15 is 0 Å². The number of halogens is 4. The van der Waals surface area contributed by atoms with Gasteiger partial charge in [-0.1, -0.05) is 6.07 Å². The number of amides is 1. The van der Waals surface area contributed by atoms with Gasteiger partial charge in [0.25, 0.3) is 0 Å². The summed E-state index contributed by atoms with van der Waals surface area (Å²) in [6.07, 6.45) is -4.35. The molecule has 1 fully saturated rings. The molecule has 0 unspecified atom stereocenters.